The summed E-state index contributed by atoms with van der Waals surface area (Å²) < 4.78 is 4.97. The standard InChI is InChI=1S/C13H14N2O4/c1-2-8-19-13(18)15-7-3-4-9-5-6-10(12(16)17)14-11(9)15/h2,5-6H,1,3-4,7-8H2,(H,16,17). The first-order valence-electron chi connectivity index (χ1n) is 5.92. The molecule has 0 spiro atoms. The molecule has 1 N–H and O–H groups in total. The van der Waals surface area contributed by atoms with E-state index < -0.39 is 12.1 Å². The Labute approximate surface area is 110 Å². The minimum Gasteiger partial charge on any atom is -0.477 e. The Kier molecular flexibility index (Phi) is 3.79. The van der Waals surface area contributed by atoms with Crippen LogP contribution in [0.2, 0.25) is 0 Å². The lowest BCUT2D eigenvalue weighted by molar-refractivity contribution is 0.0690. The molecule has 19 heavy (non-hydrogen) atoms. The Morgan fingerprint density at radius 2 is 2.32 bits per heavy atom. The molecule has 0 atom stereocenters. The Morgan fingerprint density at radius 1 is 1.53 bits per heavy atom. The first-order chi connectivity index (χ1) is 9.13. The van der Waals surface area contributed by atoms with Crippen molar-refractivity contribution in [1.29, 1.82) is 0 Å². The maximum absolute atomic E-state index is 11.9. The lowest BCUT2D eigenvalue weighted by atomic mass is 10.1. The van der Waals surface area contributed by atoms with Crippen LogP contribution in [0, 0.1) is 0 Å². The van der Waals surface area contributed by atoms with Gasteiger partial charge in [-0.05, 0) is 24.5 Å². The normalized spacial score (nSPS) is 13.6. The number of pyridine rings is 1. The van der Waals surface area contributed by atoms with Crippen LogP contribution < -0.4 is 4.90 Å². The summed E-state index contributed by atoms with van der Waals surface area (Å²) in [4.78, 5) is 28.2. The van der Waals surface area contributed by atoms with Gasteiger partial charge in [-0.1, -0.05) is 18.7 Å². The molecule has 0 aliphatic carbocycles. The van der Waals surface area contributed by atoms with Crippen molar-refractivity contribution in [3.05, 3.63) is 36.0 Å². The molecule has 1 aromatic rings. The molecule has 2 rings (SSSR count). The molecule has 0 saturated heterocycles. The van der Waals surface area contributed by atoms with Crippen molar-refractivity contribution >= 4 is 17.9 Å². The van der Waals surface area contributed by atoms with Gasteiger partial charge in [-0.3, -0.25) is 4.90 Å². The second kappa shape index (κ2) is 5.51. The van der Waals surface area contributed by atoms with Gasteiger partial charge < -0.3 is 9.84 Å². The predicted molar refractivity (Wildman–Crippen MR) is 68.4 cm³/mol. The number of carboxylic acid groups (broad SMARTS) is 1. The van der Waals surface area contributed by atoms with Crippen LogP contribution in [0.4, 0.5) is 10.6 Å². The number of rotatable bonds is 3. The summed E-state index contributed by atoms with van der Waals surface area (Å²) in [5, 5.41) is 8.94. The van der Waals surface area contributed by atoms with Crippen LogP contribution in [-0.4, -0.2) is 35.3 Å². The Morgan fingerprint density at radius 3 is 3.00 bits per heavy atom. The monoisotopic (exact) mass is 262 g/mol. The van der Waals surface area contributed by atoms with Crippen LogP contribution in [0.15, 0.2) is 24.8 Å². The van der Waals surface area contributed by atoms with E-state index >= 15 is 0 Å². The van der Waals surface area contributed by atoms with Gasteiger partial charge in [-0.25, -0.2) is 14.6 Å². The number of aryl methyl sites for hydroxylation is 1. The van der Waals surface area contributed by atoms with Crippen molar-refractivity contribution in [2.24, 2.45) is 0 Å². The largest absolute Gasteiger partial charge is 0.477 e. The third kappa shape index (κ3) is 2.73. The van der Waals surface area contributed by atoms with Crippen LogP contribution in [0.25, 0.3) is 0 Å². The van der Waals surface area contributed by atoms with Crippen LogP contribution in [0.1, 0.15) is 22.5 Å². The second-order valence-electron chi connectivity index (χ2n) is 4.11. The number of carboxylic acids is 1. The summed E-state index contributed by atoms with van der Waals surface area (Å²) in [6.07, 6.45) is 2.51. The second-order valence-corrected chi connectivity index (χ2v) is 4.11. The van der Waals surface area contributed by atoms with E-state index in [2.05, 4.69) is 11.6 Å². The molecule has 0 unspecified atom stereocenters. The van der Waals surface area contributed by atoms with Gasteiger partial charge in [-0.15, -0.1) is 0 Å². The maximum atomic E-state index is 11.9. The maximum Gasteiger partial charge on any atom is 0.415 e. The topological polar surface area (TPSA) is 79.7 Å². The van der Waals surface area contributed by atoms with Gasteiger partial charge in [0.1, 0.15) is 12.4 Å². The van der Waals surface area contributed by atoms with Crippen molar-refractivity contribution in [2.75, 3.05) is 18.1 Å². The Hall–Kier alpha value is -2.37. The van der Waals surface area contributed by atoms with Gasteiger partial charge in [0, 0.05) is 6.54 Å². The fourth-order valence-electron chi connectivity index (χ4n) is 1.94. The molecular formula is C13H14N2O4. The molecule has 0 aromatic carbocycles. The van der Waals surface area contributed by atoms with Gasteiger partial charge in [0.2, 0.25) is 0 Å². The first-order valence-corrected chi connectivity index (χ1v) is 5.92. The molecular weight excluding hydrogens is 248 g/mol. The number of amides is 1. The van der Waals surface area contributed by atoms with Gasteiger partial charge in [-0.2, -0.15) is 0 Å². The fraction of sp³-hybridized carbons (Fsp3) is 0.308. The van der Waals surface area contributed by atoms with Crippen molar-refractivity contribution < 1.29 is 19.4 Å². The first kappa shape index (κ1) is 13.1. The summed E-state index contributed by atoms with van der Waals surface area (Å²) >= 11 is 0. The highest BCUT2D eigenvalue weighted by Gasteiger charge is 2.26. The number of nitrogens with zero attached hydrogens (tertiary/aromatic N) is 2. The molecule has 1 aromatic heterocycles. The number of hydrogen-bond donors (Lipinski definition) is 1. The molecule has 6 heteroatoms. The smallest absolute Gasteiger partial charge is 0.415 e. The summed E-state index contributed by atoms with van der Waals surface area (Å²) in [5.41, 5.74) is 0.772. The number of carbonyl (C=O) groups excluding carboxylic acids is 1. The van der Waals surface area contributed by atoms with Crippen molar-refractivity contribution in [2.45, 2.75) is 12.8 Å². The Balaban J connectivity index is 2.31. The van der Waals surface area contributed by atoms with Gasteiger partial charge >= 0.3 is 12.1 Å². The third-order valence-corrected chi connectivity index (χ3v) is 2.80. The van der Waals surface area contributed by atoms with Crippen LogP contribution >= 0.6 is 0 Å². The average Bonchev–Trinajstić information content (AvgIpc) is 2.43. The third-order valence-electron chi connectivity index (χ3n) is 2.80. The number of aromatic carboxylic acids is 1. The van der Waals surface area contributed by atoms with Crippen LogP contribution in [0.3, 0.4) is 0 Å². The summed E-state index contributed by atoms with van der Waals surface area (Å²) in [7, 11) is 0. The van der Waals surface area contributed by atoms with Crippen LogP contribution in [0.5, 0.6) is 0 Å². The zero-order valence-electron chi connectivity index (χ0n) is 10.3. The highest BCUT2D eigenvalue weighted by Crippen LogP contribution is 2.25. The van der Waals surface area contributed by atoms with Gasteiger partial charge in [0.05, 0.1) is 0 Å². The highest BCUT2D eigenvalue weighted by atomic mass is 16.6. The van der Waals surface area contributed by atoms with Crippen molar-refractivity contribution in [1.82, 2.24) is 4.98 Å². The zero-order chi connectivity index (χ0) is 13.8. The highest BCUT2D eigenvalue weighted by molar-refractivity contribution is 5.90. The lowest BCUT2D eigenvalue weighted by Gasteiger charge is -2.27. The van der Waals surface area contributed by atoms with Crippen LogP contribution in [-0.2, 0) is 11.2 Å². The number of anilines is 1. The van der Waals surface area contributed by atoms with Gasteiger partial charge in [0.15, 0.2) is 5.69 Å². The zero-order valence-corrected chi connectivity index (χ0v) is 10.3. The number of aromatic nitrogens is 1. The summed E-state index contributed by atoms with van der Waals surface area (Å²) in [5.74, 6) is -0.743. The van der Waals surface area contributed by atoms with E-state index in [1.54, 1.807) is 6.07 Å². The Bertz CT molecular complexity index is 527. The van der Waals surface area contributed by atoms with Crippen molar-refractivity contribution in [3.63, 3.8) is 0 Å². The number of fused-ring (bicyclic) bond motifs is 1. The number of ether oxygens (including phenoxy) is 1. The summed E-state index contributed by atoms with van der Waals surface area (Å²) in [6, 6.07) is 3.14. The molecule has 0 radical (unpaired) electrons. The minimum atomic E-state index is -1.12. The molecule has 0 fully saturated rings. The molecule has 0 saturated carbocycles. The van der Waals surface area contributed by atoms with E-state index in [0.717, 1.165) is 18.4 Å². The lowest BCUT2D eigenvalue weighted by Crippen LogP contribution is -2.37. The molecule has 1 aliphatic rings. The molecule has 6 nitrogen and oxygen atoms in total. The fourth-order valence-corrected chi connectivity index (χ4v) is 1.94. The molecule has 1 amide bonds. The van der Waals surface area contributed by atoms with E-state index in [1.165, 1.54) is 17.0 Å². The molecule has 1 aliphatic heterocycles. The van der Waals surface area contributed by atoms with Crippen molar-refractivity contribution in [3.8, 4) is 0 Å². The van der Waals surface area contributed by atoms with E-state index in [9.17, 15) is 9.59 Å². The SMILES string of the molecule is C=CCOC(=O)N1CCCc2ccc(C(=O)O)nc21. The number of carbonyl (C=O) groups is 2. The quantitative estimate of drug-likeness (QED) is 0.841. The minimum absolute atomic E-state index is 0.0813. The molecule has 0 bridgehead atoms. The van der Waals surface area contributed by atoms with E-state index in [0.29, 0.717) is 12.4 Å². The van der Waals surface area contributed by atoms with E-state index in [-0.39, 0.29) is 12.3 Å². The predicted octanol–water partition coefficient (Wildman–Crippen LogP) is 1.85. The summed E-state index contributed by atoms with van der Waals surface area (Å²) in [6.45, 7) is 4.06. The van der Waals surface area contributed by atoms with E-state index in [1.807, 2.05) is 0 Å². The molecule has 100 valence electrons. The van der Waals surface area contributed by atoms with Gasteiger partial charge in [0.25, 0.3) is 0 Å². The van der Waals surface area contributed by atoms with E-state index in [4.69, 9.17) is 9.84 Å². The molecule has 2 heterocycles. The number of hydrogen-bond acceptors (Lipinski definition) is 4. The average molecular weight is 262 g/mol.